The number of aromatic amines is 1. The van der Waals surface area contributed by atoms with Gasteiger partial charge in [-0.3, -0.25) is 4.79 Å². The molecule has 1 rings (SSSR count). The fourth-order valence-electron chi connectivity index (χ4n) is 1.05. The number of carboxylic acids is 1. The zero-order chi connectivity index (χ0) is 11.4. The summed E-state index contributed by atoms with van der Waals surface area (Å²) in [6.45, 7) is 0.652. The van der Waals surface area contributed by atoms with E-state index in [1.807, 2.05) is 19.0 Å². The van der Waals surface area contributed by atoms with Gasteiger partial charge in [-0.25, -0.2) is 9.78 Å². The normalized spacial score (nSPS) is 10.6. The number of carbonyl (C=O) groups is 1. The van der Waals surface area contributed by atoms with E-state index >= 15 is 0 Å². The molecule has 0 aliphatic carbocycles. The maximum atomic E-state index is 11.3. The molecule has 1 aromatic rings. The lowest BCUT2D eigenvalue weighted by molar-refractivity contribution is 0.0689. The van der Waals surface area contributed by atoms with Crippen LogP contribution in [0.2, 0.25) is 0 Å². The minimum absolute atomic E-state index is 0.136. The highest BCUT2D eigenvalue weighted by Gasteiger charge is 2.08. The number of rotatable bonds is 4. The van der Waals surface area contributed by atoms with Crippen molar-refractivity contribution >= 4 is 5.97 Å². The molecule has 0 aliphatic rings. The fourth-order valence-corrected chi connectivity index (χ4v) is 1.05. The summed E-state index contributed by atoms with van der Waals surface area (Å²) in [4.78, 5) is 29.9. The van der Waals surface area contributed by atoms with E-state index in [-0.39, 0.29) is 16.9 Å². The SMILES string of the molecule is CN(C)CCc1nc(C(=O)O)c[nH]c1=O. The molecule has 0 radical (unpaired) electrons. The molecule has 1 heterocycles. The summed E-state index contributed by atoms with van der Waals surface area (Å²) in [6.07, 6.45) is 1.54. The first-order valence-electron chi connectivity index (χ1n) is 4.47. The summed E-state index contributed by atoms with van der Waals surface area (Å²) in [7, 11) is 3.74. The first kappa shape index (κ1) is 11.4. The molecular formula is C9H13N3O3. The van der Waals surface area contributed by atoms with E-state index in [9.17, 15) is 9.59 Å². The van der Waals surface area contributed by atoms with E-state index in [2.05, 4.69) is 9.97 Å². The highest BCUT2D eigenvalue weighted by atomic mass is 16.4. The second-order valence-corrected chi connectivity index (χ2v) is 3.42. The zero-order valence-corrected chi connectivity index (χ0v) is 8.65. The summed E-state index contributed by atoms with van der Waals surface area (Å²) < 4.78 is 0. The lowest BCUT2D eigenvalue weighted by Gasteiger charge is -2.07. The number of H-pyrrole nitrogens is 1. The molecule has 0 amide bonds. The van der Waals surface area contributed by atoms with Crippen LogP contribution in [-0.4, -0.2) is 46.6 Å². The lowest BCUT2D eigenvalue weighted by atomic mass is 10.3. The Kier molecular flexibility index (Phi) is 3.56. The summed E-state index contributed by atoms with van der Waals surface area (Å²) in [6, 6.07) is 0. The molecule has 0 saturated carbocycles. The third-order valence-corrected chi connectivity index (χ3v) is 1.87. The van der Waals surface area contributed by atoms with Crippen LogP contribution in [0.1, 0.15) is 16.2 Å². The molecule has 2 N–H and O–H groups in total. The van der Waals surface area contributed by atoms with E-state index in [0.29, 0.717) is 13.0 Å². The molecule has 0 aliphatic heterocycles. The summed E-state index contributed by atoms with van der Waals surface area (Å²) >= 11 is 0. The van der Waals surface area contributed by atoms with Crippen LogP contribution in [0.5, 0.6) is 0 Å². The largest absolute Gasteiger partial charge is 0.476 e. The van der Waals surface area contributed by atoms with E-state index in [1.54, 1.807) is 0 Å². The highest BCUT2D eigenvalue weighted by molar-refractivity contribution is 5.84. The first-order valence-corrected chi connectivity index (χ1v) is 4.47. The van der Waals surface area contributed by atoms with Crippen molar-refractivity contribution in [3.05, 3.63) is 27.9 Å². The Morgan fingerprint density at radius 1 is 1.60 bits per heavy atom. The molecule has 15 heavy (non-hydrogen) atoms. The van der Waals surface area contributed by atoms with Crippen LogP contribution < -0.4 is 5.56 Å². The second-order valence-electron chi connectivity index (χ2n) is 3.42. The molecule has 82 valence electrons. The van der Waals surface area contributed by atoms with Crippen LogP contribution in [0.25, 0.3) is 0 Å². The Morgan fingerprint density at radius 3 is 2.80 bits per heavy atom. The van der Waals surface area contributed by atoms with Crippen molar-refractivity contribution < 1.29 is 9.90 Å². The predicted octanol–water partition coefficient (Wildman–Crippen LogP) is -0.428. The topological polar surface area (TPSA) is 86.3 Å². The quantitative estimate of drug-likeness (QED) is 0.706. The van der Waals surface area contributed by atoms with Crippen LogP contribution >= 0.6 is 0 Å². The number of nitrogens with one attached hydrogen (secondary N) is 1. The number of aromatic nitrogens is 2. The van der Waals surface area contributed by atoms with Gasteiger partial charge in [-0.1, -0.05) is 0 Å². The van der Waals surface area contributed by atoms with Crippen LogP contribution in [0.4, 0.5) is 0 Å². The number of likely N-dealkylation sites (N-methyl/N-ethyl adjacent to an activating group) is 1. The van der Waals surface area contributed by atoms with Gasteiger partial charge in [-0.2, -0.15) is 0 Å². The van der Waals surface area contributed by atoms with Gasteiger partial charge in [0.15, 0.2) is 5.69 Å². The van der Waals surface area contributed by atoms with Crippen LogP contribution in [0, 0.1) is 0 Å². The number of hydrogen-bond acceptors (Lipinski definition) is 4. The number of hydrogen-bond donors (Lipinski definition) is 2. The number of aromatic carboxylic acids is 1. The van der Waals surface area contributed by atoms with E-state index in [1.165, 1.54) is 0 Å². The average molecular weight is 211 g/mol. The van der Waals surface area contributed by atoms with E-state index < -0.39 is 5.97 Å². The summed E-state index contributed by atoms with van der Waals surface area (Å²) in [5, 5.41) is 8.68. The molecule has 6 heteroatoms. The molecule has 0 fully saturated rings. The van der Waals surface area contributed by atoms with Crippen LogP contribution in [0.15, 0.2) is 11.0 Å². The van der Waals surface area contributed by atoms with Crippen molar-refractivity contribution in [2.75, 3.05) is 20.6 Å². The molecule has 1 aromatic heterocycles. The van der Waals surface area contributed by atoms with Gasteiger partial charge < -0.3 is 15.0 Å². The Hall–Kier alpha value is -1.69. The van der Waals surface area contributed by atoms with Crippen LogP contribution in [0.3, 0.4) is 0 Å². The maximum absolute atomic E-state index is 11.3. The van der Waals surface area contributed by atoms with E-state index in [4.69, 9.17) is 5.11 Å². The molecule has 6 nitrogen and oxygen atoms in total. The smallest absolute Gasteiger partial charge is 0.356 e. The van der Waals surface area contributed by atoms with Gasteiger partial charge in [0.2, 0.25) is 0 Å². The van der Waals surface area contributed by atoms with Gasteiger partial charge in [0.25, 0.3) is 5.56 Å². The van der Waals surface area contributed by atoms with E-state index in [0.717, 1.165) is 6.20 Å². The summed E-state index contributed by atoms with van der Waals surface area (Å²) in [5.74, 6) is -1.14. The molecule has 0 atom stereocenters. The molecule has 0 aromatic carbocycles. The molecule has 0 bridgehead atoms. The molecular weight excluding hydrogens is 198 g/mol. The van der Waals surface area contributed by atoms with Gasteiger partial charge in [-0.15, -0.1) is 0 Å². The third kappa shape index (κ3) is 3.17. The Morgan fingerprint density at radius 2 is 2.27 bits per heavy atom. The van der Waals surface area contributed by atoms with Crippen molar-refractivity contribution in [2.45, 2.75) is 6.42 Å². The molecule has 0 spiro atoms. The Bertz CT molecular complexity index is 411. The first-order chi connectivity index (χ1) is 7.00. The molecule has 0 unspecified atom stereocenters. The van der Waals surface area contributed by atoms with Gasteiger partial charge in [0.1, 0.15) is 5.69 Å². The van der Waals surface area contributed by atoms with Crippen molar-refractivity contribution in [3.63, 3.8) is 0 Å². The minimum Gasteiger partial charge on any atom is -0.476 e. The van der Waals surface area contributed by atoms with Gasteiger partial charge in [0, 0.05) is 19.2 Å². The van der Waals surface area contributed by atoms with Gasteiger partial charge in [-0.05, 0) is 14.1 Å². The number of nitrogens with zero attached hydrogens (tertiary/aromatic N) is 2. The van der Waals surface area contributed by atoms with Gasteiger partial charge in [0.05, 0.1) is 0 Å². The average Bonchev–Trinajstić information content (AvgIpc) is 2.16. The van der Waals surface area contributed by atoms with Crippen molar-refractivity contribution in [2.24, 2.45) is 0 Å². The van der Waals surface area contributed by atoms with Crippen LogP contribution in [-0.2, 0) is 6.42 Å². The monoisotopic (exact) mass is 211 g/mol. The van der Waals surface area contributed by atoms with Crippen molar-refractivity contribution in [1.82, 2.24) is 14.9 Å². The Labute approximate surface area is 86.6 Å². The predicted molar refractivity (Wildman–Crippen MR) is 54.1 cm³/mol. The standard InChI is InChI=1S/C9H13N3O3/c1-12(2)4-3-6-8(13)10-5-7(11-6)9(14)15/h5H,3-4H2,1-2H3,(H,10,13)(H,14,15). The maximum Gasteiger partial charge on any atom is 0.356 e. The summed E-state index contributed by atoms with van der Waals surface area (Å²) in [5.41, 5.74) is -0.214. The Balaban J connectivity index is 2.91. The lowest BCUT2D eigenvalue weighted by Crippen LogP contribution is -2.23. The third-order valence-electron chi connectivity index (χ3n) is 1.87. The molecule has 0 saturated heterocycles. The highest BCUT2D eigenvalue weighted by Crippen LogP contribution is 1.93. The second kappa shape index (κ2) is 4.70. The minimum atomic E-state index is -1.14. The number of carboxylic acid groups (broad SMARTS) is 1. The van der Waals surface area contributed by atoms with Crippen molar-refractivity contribution in [3.8, 4) is 0 Å². The van der Waals surface area contributed by atoms with Gasteiger partial charge >= 0.3 is 5.97 Å². The zero-order valence-electron chi connectivity index (χ0n) is 8.65. The van der Waals surface area contributed by atoms with Crippen molar-refractivity contribution in [1.29, 1.82) is 0 Å². The fraction of sp³-hybridized carbons (Fsp3) is 0.444.